The lowest BCUT2D eigenvalue weighted by Crippen LogP contribution is -2.25. The first-order chi connectivity index (χ1) is 13.6. The summed E-state index contributed by atoms with van der Waals surface area (Å²) in [6.45, 7) is 4.02. The van der Waals surface area contributed by atoms with Crippen LogP contribution in [0, 0.1) is 0 Å². The van der Waals surface area contributed by atoms with E-state index < -0.39 is 5.91 Å². The van der Waals surface area contributed by atoms with Gasteiger partial charge in [-0.05, 0) is 38.1 Å². The Kier molecular flexibility index (Phi) is 6.16. The number of hydrogen-bond donors (Lipinski definition) is 1. The highest BCUT2D eigenvalue weighted by Gasteiger charge is 2.12. The van der Waals surface area contributed by atoms with Gasteiger partial charge in [0.25, 0.3) is 5.91 Å². The molecule has 0 unspecified atom stereocenters. The van der Waals surface area contributed by atoms with Gasteiger partial charge >= 0.3 is 0 Å². The molecule has 3 rings (SSSR count). The van der Waals surface area contributed by atoms with Crippen LogP contribution < -0.4 is 19.6 Å². The second-order valence-electron chi connectivity index (χ2n) is 5.89. The summed E-state index contributed by atoms with van der Waals surface area (Å²) in [5, 5.41) is 5.00. The van der Waals surface area contributed by atoms with Gasteiger partial charge in [-0.3, -0.25) is 4.79 Å². The Morgan fingerprint density at radius 2 is 1.82 bits per heavy atom. The van der Waals surface area contributed by atoms with E-state index in [1.165, 1.54) is 0 Å². The molecule has 0 aliphatic rings. The predicted molar refractivity (Wildman–Crippen MR) is 106 cm³/mol. The average molecular weight is 382 g/mol. The van der Waals surface area contributed by atoms with Gasteiger partial charge in [0.2, 0.25) is 0 Å². The quantitative estimate of drug-likeness (QED) is 0.474. The summed E-state index contributed by atoms with van der Waals surface area (Å²) in [4.78, 5) is 12.0. The molecule has 2 aromatic carbocycles. The average Bonchev–Trinajstić information content (AvgIpc) is 3.16. The molecular weight excluding hydrogens is 360 g/mol. The summed E-state index contributed by atoms with van der Waals surface area (Å²) in [6, 6.07) is 14.6. The van der Waals surface area contributed by atoms with Crippen LogP contribution in [0.5, 0.6) is 17.2 Å². The first-order valence-corrected chi connectivity index (χ1v) is 8.87. The lowest BCUT2D eigenvalue weighted by molar-refractivity contribution is -0.123. The molecule has 0 aliphatic carbocycles. The van der Waals surface area contributed by atoms with Crippen LogP contribution >= 0.6 is 0 Å². The fourth-order valence-corrected chi connectivity index (χ4v) is 2.60. The summed E-state index contributed by atoms with van der Waals surface area (Å²) >= 11 is 0. The van der Waals surface area contributed by atoms with Crippen LogP contribution in [0.2, 0.25) is 0 Å². The van der Waals surface area contributed by atoms with Gasteiger partial charge in [-0.15, -0.1) is 0 Å². The van der Waals surface area contributed by atoms with Gasteiger partial charge in [0.1, 0.15) is 5.71 Å². The minimum Gasteiger partial charge on any atom is -0.493 e. The van der Waals surface area contributed by atoms with Crippen molar-refractivity contribution in [2.24, 2.45) is 5.10 Å². The minimum atomic E-state index is -0.392. The number of para-hydroxylation sites is 3. The number of methoxy groups -OCH3 is 1. The van der Waals surface area contributed by atoms with Crippen molar-refractivity contribution < 1.29 is 23.4 Å². The number of carbonyl (C=O) groups is 1. The molecule has 0 atom stereocenters. The zero-order valence-electron chi connectivity index (χ0n) is 16.0. The van der Waals surface area contributed by atoms with Crippen LogP contribution in [0.4, 0.5) is 0 Å². The molecule has 1 N–H and O–H groups in total. The summed E-state index contributed by atoms with van der Waals surface area (Å²) in [6.07, 6.45) is 0. The van der Waals surface area contributed by atoms with Gasteiger partial charge in [0.15, 0.2) is 35.2 Å². The molecule has 1 amide bonds. The monoisotopic (exact) mass is 382 g/mol. The van der Waals surface area contributed by atoms with Gasteiger partial charge in [0, 0.05) is 5.39 Å². The Hall–Kier alpha value is -3.48. The Morgan fingerprint density at radius 1 is 1.07 bits per heavy atom. The van der Waals surface area contributed by atoms with E-state index in [0.29, 0.717) is 40.9 Å². The molecule has 0 spiro atoms. The predicted octanol–water partition coefficient (Wildman–Crippen LogP) is 3.76. The molecule has 0 bridgehead atoms. The number of ether oxygens (including phenoxy) is 3. The minimum absolute atomic E-state index is 0.189. The van der Waals surface area contributed by atoms with Crippen LogP contribution in [0.15, 0.2) is 58.0 Å². The first kappa shape index (κ1) is 19.3. The van der Waals surface area contributed by atoms with Crippen LogP contribution in [0.1, 0.15) is 19.6 Å². The SMILES string of the molecule is CCOc1cccc2cc(/C(C)=N\NC(=O)COc3ccccc3OC)oc12. The van der Waals surface area contributed by atoms with Crippen molar-refractivity contribution in [2.75, 3.05) is 20.3 Å². The van der Waals surface area contributed by atoms with Crippen LogP contribution in [0.25, 0.3) is 11.0 Å². The molecule has 0 aliphatic heterocycles. The fraction of sp³-hybridized carbons (Fsp3) is 0.238. The van der Waals surface area contributed by atoms with Gasteiger partial charge in [-0.2, -0.15) is 5.10 Å². The molecule has 0 saturated heterocycles. The Bertz CT molecular complexity index is 993. The molecular formula is C21H22N2O5. The topological polar surface area (TPSA) is 82.3 Å². The Morgan fingerprint density at radius 3 is 2.57 bits per heavy atom. The van der Waals surface area contributed by atoms with Crippen molar-refractivity contribution in [3.63, 3.8) is 0 Å². The maximum atomic E-state index is 12.0. The van der Waals surface area contributed by atoms with E-state index in [-0.39, 0.29) is 6.61 Å². The molecule has 0 radical (unpaired) electrons. The molecule has 7 nitrogen and oxygen atoms in total. The number of furan rings is 1. The molecule has 0 saturated carbocycles. The standard InChI is InChI=1S/C21H22N2O5/c1-4-26-18-11-7-8-15-12-19(28-21(15)18)14(2)22-23-20(24)13-27-17-10-6-5-9-16(17)25-3/h5-12H,4,13H2,1-3H3,(H,23,24)/b22-14-. The van der Waals surface area contributed by atoms with Crippen molar-refractivity contribution in [1.29, 1.82) is 0 Å². The van der Waals surface area contributed by atoms with Crippen molar-refractivity contribution in [2.45, 2.75) is 13.8 Å². The Labute approximate surface area is 162 Å². The van der Waals surface area contributed by atoms with Crippen LogP contribution in [-0.2, 0) is 4.79 Å². The zero-order valence-corrected chi connectivity index (χ0v) is 16.0. The van der Waals surface area contributed by atoms with E-state index in [0.717, 1.165) is 5.39 Å². The highest BCUT2D eigenvalue weighted by Crippen LogP contribution is 2.29. The van der Waals surface area contributed by atoms with Crippen molar-refractivity contribution in [3.05, 3.63) is 54.3 Å². The van der Waals surface area contributed by atoms with E-state index >= 15 is 0 Å². The third-order valence-electron chi connectivity index (χ3n) is 3.94. The number of nitrogens with zero attached hydrogens (tertiary/aromatic N) is 1. The van der Waals surface area contributed by atoms with Gasteiger partial charge in [-0.25, -0.2) is 5.43 Å². The maximum Gasteiger partial charge on any atom is 0.277 e. The molecule has 1 aromatic heterocycles. The fourth-order valence-electron chi connectivity index (χ4n) is 2.60. The number of nitrogens with one attached hydrogen (secondary N) is 1. The lowest BCUT2D eigenvalue weighted by atomic mass is 10.2. The summed E-state index contributed by atoms with van der Waals surface area (Å²) in [5.74, 6) is 1.88. The summed E-state index contributed by atoms with van der Waals surface area (Å²) in [5.41, 5.74) is 3.65. The summed E-state index contributed by atoms with van der Waals surface area (Å²) < 4.78 is 22.1. The van der Waals surface area contributed by atoms with Gasteiger partial charge in [0.05, 0.1) is 13.7 Å². The lowest BCUT2D eigenvalue weighted by Gasteiger charge is -2.09. The summed E-state index contributed by atoms with van der Waals surface area (Å²) in [7, 11) is 1.54. The van der Waals surface area contributed by atoms with Crippen LogP contribution in [-0.4, -0.2) is 31.9 Å². The van der Waals surface area contributed by atoms with E-state index in [4.69, 9.17) is 18.6 Å². The highest BCUT2D eigenvalue weighted by atomic mass is 16.5. The second-order valence-corrected chi connectivity index (χ2v) is 5.89. The molecule has 3 aromatic rings. The van der Waals surface area contributed by atoms with E-state index in [9.17, 15) is 4.79 Å². The van der Waals surface area contributed by atoms with Crippen molar-refractivity contribution >= 4 is 22.6 Å². The zero-order chi connectivity index (χ0) is 19.9. The van der Waals surface area contributed by atoms with E-state index in [2.05, 4.69) is 10.5 Å². The molecule has 146 valence electrons. The third-order valence-corrected chi connectivity index (χ3v) is 3.94. The van der Waals surface area contributed by atoms with Gasteiger partial charge < -0.3 is 18.6 Å². The smallest absolute Gasteiger partial charge is 0.277 e. The molecule has 28 heavy (non-hydrogen) atoms. The first-order valence-electron chi connectivity index (χ1n) is 8.87. The number of amides is 1. The molecule has 7 heteroatoms. The normalized spacial score (nSPS) is 11.3. The Balaban J connectivity index is 1.64. The number of carbonyl (C=O) groups excluding carboxylic acids is 1. The number of rotatable bonds is 8. The number of hydrazone groups is 1. The highest BCUT2D eigenvalue weighted by molar-refractivity contribution is 6.01. The van der Waals surface area contributed by atoms with Crippen LogP contribution in [0.3, 0.4) is 0 Å². The van der Waals surface area contributed by atoms with E-state index in [1.54, 1.807) is 32.2 Å². The number of fused-ring (bicyclic) bond motifs is 1. The third kappa shape index (κ3) is 4.43. The van der Waals surface area contributed by atoms with Crippen molar-refractivity contribution in [3.8, 4) is 17.2 Å². The number of hydrogen-bond acceptors (Lipinski definition) is 6. The van der Waals surface area contributed by atoms with E-state index in [1.807, 2.05) is 37.3 Å². The second kappa shape index (κ2) is 8.94. The molecule has 1 heterocycles. The number of benzene rings is 2. The largest absolute Gasteiger partial charge is 0.493 e. The van der Waals surface area contributed by atoms with Crippen molar-refractivity contribution in [1.82, 2.24) is 5.43 Å². The van der Waals surface area contributed by atoms with Gasteiger partial charge in [-0.1, -0.05) is 24.3 Å². The maximum absolute atomic E-state index is 12.0. The molecule has 0 fully saturated rings.